The third kappa shape index (κ3) is 3.59. The van der Waals surface area contributed by atoms with Gasteiger partial charge in [0.05, 0.1) is 19.1 Å². The van der Waals surface area contributed by atoms with Crippen LogP contribution >= 0.6 is 0 Å². The Bertz CT molecular complexity index is 358. The summed E-state index contributed by atoms with van der Waals surface area (Å²) in [5.74, 6) is 0.999. The quantitative estimate of drug-likeness (QED) is 0.848. The van der Waals surface area contributed by atoms with Gasteiger partial charge >= 0.3 is 5.97 Å². The molecule has 0 spiro atoms. The number of ether oxygens (including phenoxy) is 1. The summed E-state index contributed by atoms with van der Waals surface area (Å²) in [4.78, 5) is 13.9. The maximum Gasteiger partial charge on any atom is 0.310 e. The van der Waals surface area contributed by atoms with Crippen LogP contribution in [-0.2, 0) is 9.53 Å². The van der Waals surface area contributed by atoms with Crippen molar-refractivity contribution in [3.05, 3.63) is 0 Å². The molecule has 1 saturated heterocycles. The third-order valence-electron chi connectivity index (χ3n) is 5.57. The van der Waals surface area contributed by atoms with Crippen LogP contribution in [0.15, 0.2) is 0 Å². The average Bonchev–Trinajstić information content (AvgIpc) is 2.89. The molecular weight excluding hydrogens is 266 g/mol. The first-order chi connectivity index (χ1) is 9.95. The molecule has 5 atom stereocenters. The Morgan fingerprint density at radius 3 is 2.57 bits per heavy atom. The number of aliphatic carboxylic acids is 1. The summed E-state index contributed by atoms with van der Waals surface area (Å²) in [7, 11) is 0. The fourth-order valence-corrected chi connectivity index (χ4v) is 4.35. The largest absolute Gasteiger partial charge is 0.481 e. The number of rotatable bonds is 5. The fraction of sp³-hybridized carbons (Fsp3) is 0.941. The first-order valence-corrected chi connectivity index (χ1v) is 8.52. The average molecular weight is 297 g/mol. The van der Waals surface area contributed by atoms with Crippen LogP contribution in [-0.4, -0.2) is 47.8 Å². The van der Waals surface area contributed by atoms with Crippen LogP contribution in [0, 0.1) is 23.7 Å². The first kappa shape index (κ1) is 16.8. The van der Waals surface area contributed by atoms with Crippen LogP contribution in [0.1, 0.15) is 47.0 Å². The number of nitrogens with zero attached hydrogens (tertiary/aromatic N) is 1. The zero-order chi connectivity index (χ0) is 15.6. The number of carboxylic acids is 1. The van der Waals surface area contributed by atoms with Crippen molar-refractivity contribution in [2.45, 2.75) is 59.0 Å². The van der Waals surface area contributed by atoms with Crippen molar-refractivity contribution in [1.82, 2.24) is 4.90 Å². The Kier molecular flexibility index (Phi) is 5.67. The molecule has 0 bridgehead atoms. The Hall–Kier alpha value is -0.610. The van der Waals surface area contributed by atoms with Crippen molar-refractivity contribution in [2.75, 3.05) is 19.8 Å². The summed E-state index contributed by atoms with van der Waals surface area (Å²) in [5.41, 5.74) is 0. The highest BCUT2D eigenvalue weighted by molar-refractivity contribution is 5.71. The maximum absolute atomic E-state index is 11.5. The van der Waals surface area contributed by atoms with Crippen LogP contribution < -0.4 is 0 Å². The molecule has 122 valence electrons. The second-order valence-electron chi connectivity index (χ2n) is 7.27. The molecule has 0 radical (unpaired) electrons. The van der Waals surface area contributed by atoms with Crippen LogP contribution in [0.25, 0.3) is 0 Å². The predicted molar refractivity (Wildman–Crippen MR) is 83.2 cm³/mol. The predicted octanol–water partition coefficient (Wildman–Crippen LogP) is 2.87. The highest BCUT2D eigenvalue weighted by Gasteiger charge is 2.43. The van der Waals surface area contributed by atoms with Gasteiger partial charge < -0.3 is 9.84 Å². The molecule has 1 N–H and O–H groups in total. The van der Waals surface area contributed by atoms with E-state index < -0.39 is 5.97 Å². The van der Waals surface area contributed by atoms with E-state index in [1.54, 1.807) is 0 Å². The van der Waals surface area contributed by atoms with Gasteiger partial charge in [-0.2, -0.15) is 0 Å². The van der Waals surface area contributed by atoms with E-state index >= 15 is 0 Å². The molecule has 2 aliphatic rings. The minimum atomic E-state index is -0.707. The molecular formula is C17H31NO3. The fourth-order valence-electron chi connectivity index (χ4n) is 4.35. The highest BCUT2D eigenvalue weighted by atomic mass is 16.5. The second-order valence-corrected chi connectivity index (χ2v) is 7.27. The van der Waals surface area contributed by atoms with E-state index in [1.807, 2.05) is 0 Å². The molecule has 0 aromatic rings. The molecule has 1 aliphatic heterocycles. The summed E-state index contributed by atoms with van der Waals surface area (Å²) >= 11 is 0. The van der Waals surface area contributed by atoms with Gasteiger partial charge in [0.2, 0.25) is 0 Å². The number of hydrogen-bond acceptors (Lipinski definition) is 3. The van der Waals surface area contributed by atoms with Gasteiger partial charge in [0.1, 0.15) is 0 Å². The molecule has 21 heavy (non-hydrogen) atoms. The maximum atomic E-state index is 11.5. The lowest BCUT2D eigenvalue weighted by molar-refractivity contribution is -0.143. The Morgan fingerprint density at radius 1 is 1.29 bits per heavy atom. The van der Waals surface area contributed by atoms with Crippen molar-refractivity contribution in [2.24, 2.45) is 23.7 Å². The summed E-state index contributed by atoms with van der Waals surface area (Å²) in [6.07, 6.45) is 3.77. The van der Waals surface area contributed by atoms with Crippen LogP contribution in [0.2, 0.25) is 0 Å². The molecule has 0 aromatic heterocycles. The van der Waals surface area contributed by atoms with Crippen LogP contribution in [0.5, 0.6) is 0 Å². The van der Waals surface area contributed by atoms with E-state index in [4.69, 9.17) is 4.74 Å². The van der Waals surface area contributed by atoms with Crippen molar-refractivity contribution in [3.8, 4) is 0 Å². The van der Waals surface area contributed by atoms with Crippen molar-refractivity contribution in [1.29, 1.82) is 0 Å². The molecule has 1 saturated carbocycles. The molecule has 0 aromatic carbocycles. The lowest BCUT2D eigenvalue weighted by atomic mass is 9.72. The van der Waals surface area contributed by atoms with Crippen LogP contribution in [0.3, 0.4) is 0 Å². The summed E-state index contributed by atoms with van der Waals surface area (Å²) in [5, 5.41) is 9.45. The van der Waals surface area contributed by atoms with Gasteiger partial charge in [0.15, 0.2) is 0 Å². The second kappa shape index (κ2) is 7.10. The summed E-state index contributed by atoms with van der Waals surface area (Å²) in [6, 6.07) is 0.552. The minimum absolute atomic E-state index is 0.0454. The van der Waals surface area contributed by atoms with Gasteiger partial charge in [0, 0.05) is 12.1 Å². The van der Waals surface area contributed by atoms with Gasteiger partial charge in [0.25, 0.3) is 0 Å². The molecule has 1 heterocycles. The van der Waals surface area contributed by atoms with Gasteiger partial charge in [-0.15, -0.1) is 0 Å². The minimum Gasteiger partial charge on any atom is -0.481 e. The van der Waals surface area contributed by atoms with E-state index in [1.165, 1.54) is 19.3 Å². The number of carbonyl (C=O) groups is 1. The highest BCUT2D eigenvalue weighted by Crippen LogP contribution is 2.38. The Balaban J connectivity index is 2.19. The molecule has 1 aliphatic carbocycles. The van der Waals surface area contributed by atoms with Crippen LogP contribution in [0.4, 0.5) is 0 Å². The number of hydrogen-bond donors (Lipinski definition) is 1. The standard InChI is InChI=1S/C17H31NO3/c1-5-18(16-10-21-9-14(16)17(19)20)15-8-12(4)6-7-13(15)11(2)3/h11-16H,5-10H2,1-4H3,(H,19,20). The van der Waals surface area contributed by atoms with Crippen molar-refractivity contribution in [3.63, 3.8) is 0 Å². The van der Waals surface area contributed by atoms with E-state index in [9.17, 15) is 9.90 Å². The van der Waals surface area contributed by atoms with E-state index in [2.05, 4.69) is 32.6 Å². The first-order valence-electron chi connectivity index (χ1n) is 8.52. The lowest BCUT2D eigenvalue weighted by Gasteiger charge is -2.46. The molecule has 0 amide bonds. The number of likely N-dealkylation sites (N-methyl/N-ethyl adjacent to an activating group) is 1. The zero-order valence-electron chi connectivity index (χ0n) is 13.9. The SMILES string of the molecule is CCN(C1COCC1C(=O)O)C1CC(C)CCC1C(C)C. The Labute approximate surface area is 128 Å². The molecule has 4 heteroatoms. The van der Waals surface area contributed by atoms with Gasteiger partial charge in [-0.05, 0) is 37.1 Å². The van der Waals surface area contributed by atoms with Crippen molar-refractivity contribution >= 4 is 5.97 Å². The topological polar surface area (TPSA) is 49.8 Å². The monoisotopic (exact) mass is 297 g/mol. The number of carboxylic acid groups (broad SMARTS) is 1. The zero-order valence-corrected chi connectivity index (χ0v) is 13.9. The van der Waals surface area contributed by atoms with E-state index in [0.29, 0.717) is 31.1 Å². The normalized spacial score (nSPS) is 37.3. The van der Waals surface area contributed by atoms with Crippen molar-refractivity contribution < 1.29 is 14.6 Å². The van der Waals surface area contributed by atoms with Gasteiger partial charge in [-0.1, -0.05) is 34.1 Å². The molecule has 2 rings (SSSR count). The summed E-state index contributed by atoms with van der Waals surface area (Å²) in [6.45, 7) is 11.0. The van der Waals surface area contributed by atoms with Gasteiger partial charge in [-0.25, -0.2) is 0 Å². The Morgan fingerprint density at radius 2 is 2.00 bits per heavy atom. The van der Waals surface area contributed by atoms with Gasteiger partial charge in [-0.3, -0.25) is 9.69 Å². The lowest BCUT2D eigenvalue weighted by Crippen LogP contribution is -2.53. The molecule has 4 nitrogen and oxygen atoms in total. The third-order valence-corrected chi connectivity index (χ3v) is 5.57. The van der Waals surface area contributed by atoms with E-state index in [-0.39, 0.29) is 12.0 Å². The van der Waals surface area contributed by atoms with E-state index in [0.717, 1.165) is 12.5 Å². The summed E-state index contributed by atoms with van der Waals surface area (Å²) < 4.78 is 5.50. The smallest absolute Gasteiger partial charge is 0.310 e. The molecule has 2 fully saturated rings. The molecule has 5 unspecified atom stereocenters.